The fourth-order valence-electron chi connectivity index (χ4n) is 2.81. The summed E-state index contributed by atoms with van der Waals surface area (Å²) in [7, 11) is 1.40. The molecule has 0 aliphatic heterocycles. The summed E-state index contributed by atoms with van der Waals surface area (Å²) >= 11 is 0. The lowest BCUT2D eigenvalue weighted by Gasteiger charge is -2.23. The van der Waals surface area contributed by atoms with Gasteiger partial charge in [0.05, 0.1) is 19.3 Å². The molecule has 0 saturated heterocycles. The van der Waals surface area contributed by atoms with Crippen LogP contribution in [0.3, 0.4) is 0 Å². The zero-order valence-electron chi connectivity index (χ0n) is 15.6. The zero-order chi connectivity index (χ0) is 18.2. The molecular formula is C19H38O5. The average Bonchev–Trinajstić information content (AvgIpc) is 2.59. The second-order valence-electron chi connectivity index (χ2n) is 6.71. The number of ether oxygens (including phenoxy) is 1. The maximum atomic E-state index is 10.9. The SMILES string of the molecule is CCCCCCC[C@@H](O)[C@@H](O)[C@@H](O)CCCCCCCC(=O)OC. The highest BCUT2D eigenvalue weighted by Gasteiger charge is 2.23. The normalized spacial score (nSPS) is 15.0. The monoisotopic (exact) mass is 346 g/mol. The molecule has 0 aromatic rings. The van der Waals surface area contributed by atoms with Crippen LogP contribution in [0.15, 0.2) is 0 Å². The Labute approximate surface area is 147 Å². The predicted molar refractivity (Wildman–Crippen MR) is 95.7 cm³/mol. The molecule has 0 aromatic heterocycles. The van der Waals surface area contributed by atoms with E-state index >= 15 is 0 Å². The molecule has 0 radical (unpaired) electrons. The van der Waals surface area contributed by atoms with Crippen LogP contribution >= 0.6 is 0 Å². The highest BCUT2D eigenvalue weighted by atomic mass is 16.5. The quantitative estimate of drug-likeness (QED) is 0.295. The number of aliphatic hydroxyl groups is 3. The second kappa shape index (κ2) is 15.9. The van der Waals surface area contributed by atoms with Crippen molar-refractivity contribution in [3.8, 4) is 0 Å². The largest absolute Gasteiger partial charge is 0.469 e. The number of methoxy groups -OCH3 is 1. The lowest BCUT2D eigenvalue weighted by atomic mass is 9.97. The van der Waals surface area contributed by atoms with Gasteiger partial charge in [-0.2, -0.15) is 0 Å². The van der Waals surface area contributed by atoms with Crippen LogP contribution in [0.25, 0.3) is 0 Å². The van der Waals surface area contributed by atoms with Gasteiger partial charge < -0.3 is 20.1 Å². The second-order valence-corrected chi connectivity index (χ2v) is 6.71. The summed E-state index contributed by atoms with van der Waals surface area (Å²) in [5.74, 6) is -0.169. The topological polar surface area (TPSA) is 87.0 Å². The van der Waals surface area contributed by atoms with Gasteiger partial charge in [0, 0.05) is 6.42 Å². The van der Waals surface area contributed by atoms with Crippen LogP contribution in [0.4, 0.5) is 0 Å². The van der Waals surface area contributed by atoms with Crippen molar-refractivity contribution in [2.24, 2.45) is 0 Å². The number of aliphatic hydroxyl groups excluding tert-OH is 3. The number of esters is 1. The van der Waals surface area contributed by atoms with Crippen molar-refractivity contribution in [3.05, 3.63) is 0 Å². The molecule has 3 atom stereocenters. The van der Waals surface area contributed by atoms with Crippen LogP contribution in [0.2, 0.25) is 0 Å². The fourth-order valence-corrected chi connectivity index (χ4v) is 2.81. The van der Waals surface area contributed by atoms with Crippen molar-refractivity contribution in [3.63, 3.8) is 0 Å². The van der Waals surface area contributed by atoms with Gasteiger partial charge in [0.1, 0.15) is 6.10 Å². The first-order valence-electron chi connectivity index (χ1n) is 9.63. The average molecular weight is 347 g/mol. The molecule has 0 aliphatic carbocycles. The van der Waals surface area contributed by atoms with Gasteiger partial charge in [-0.15, -0.1) is 0 Å². The molecule has 144 valence electrons. The lowest BCUT2D eigenvalue weighted by molar-refractivity contribution is -0.140. The standard InChI is InChI=1S/C19H38O5/c1-3-4-5-7-10-13-16(20)19(23)17(21)14-11-8-6-9-12-15-18(22)24-2/h16-17,19-21,23H,3-15H2,1-2H3/t16-,17+,19-/m1/s1. The molecule has 0 aromatic carbocycles. The van der Waals surface area contributed by atoms with E-state index < -0.39 is 18.3 Å². The molecule has 0 rings (SSSR count). The molecule has 0 aliphatic rings. The minimum Gasteiger partial charge on any atom is -0.469 e. The highest BCUT2D eigenvalue weighted by Crippen LogP contribution is 2.15. The van der Waals surface area contributed by atoms with Gasteiger partial charge in [0.2, 0.25) is 0 Å². The van der Waals surface area contributed by atoms with Crippen molar-refractivity contribution in [1.29, 1.82) is 0 Å². The van der Waals surface area contributed by atoms with Crippen molar-refractivity contribution in [1.82, 2.24) is 0 Å². The van der Waals surface area contributed by atoms with E-state index in [-0.39, 0.29) is 5.97 Å². The van der Waals surface area contributed by atoms with Crippen LogP contribution < -0.4 is 0 Å². The third-order valence-electron chi connectivity index (χ3n) is 4.50. The van der Waals surface area contributed by atoms with E-state index in [1.807, 2.05) is 0 Å². The lowest BCUT2D eigenvalue weighted by Crippen LogP contribution is -2.37. The van der Waals surface area contributed by atoms with Gasteiger partial charge in [-0.1, -0.05) is 64.7 Å². The first kappa shape index (κ1) is 23.4. The summed E-state index contributed by atoms with van der Waals surface area (Å²) in [4.78, 5) is 10.9. The van der Waals surface area contributed by atoms with E-state index in [0.717, 1.165) is 51.4 Å². The molecule has 0 spiro atoms. The molecule has 0 saturated carbocycles. The van der Waals surface area contributed by atoms with Crippen LogP contribution in [-0.2, 0) is 9.53 Å². The van der Waals surface area contributed by atoms with Gasteiger partial charge in [0.15, 0.2) is 0 Å². The minimum atomic E-state index is -1.05. The Balaban J connectivity index is 3.60. The Morgan fingerprint density at radius 3 is 1.75 bits per heavy atom. The Morgan fingerprint density at radius 2 is 1.25 bits per heavy atom. The summed E-state index contributed by atoms with van der Waals surface area (Å²) in [5, 5.41) is 29.9. The molecule has 5 nitrogen and oxygen atoms in total. The first-order chi connectivity index (χ1) is 11.5. The van der Waals surface area contributed by atoms with Gasteiger partial charge in [-0.3, -0.25) is 4.79 Å². The summed E-state index contributed by atoms with van der Waals surface area (Å²) < 4.78 is 4.58. The maximum Gasteiger partial charge on any atom is 0.305 e. The molecule has 3 N–H and O–H groups in total. The Bertz CT molecular complexity index is 295. The van der Waals surface area contributed by atoms with Crippen LogP contribution in [-0.4, -0.2) is 46.7 Å². The summed E-state index contributed by atoms with van der Waals surface area (Å²) in [5.41, 5.74) is 0. The summed E-state index contributed by atoms with van der Waals surface area (Å²) in [6.45, 7) is 2.16. The number of carbonyl (C=O) groups is 1. The molecule has 0 amide bonds. The molecule has 0 unspecified atom stereocenters. The van der Waals surface area contributed by atoms with Crippen LogP contribution in [0.1, 0.15) is 90.4 Å². The van der Waals surface area contributed by atoms with Crippen molar-refractivity contribution in [2.45, 2.75) is 109 Å². The van der Waals surface area contributed by atoms with Crippen LogP contribution in [0, 0.1) is 0 Å². The van der Waals surface area contributed by atoms with Crippen molar-refractivity contribution >= 4 is 5.97 Å². The number of rotatable bonds is 16. The zero-order valence-corrected chi connectivity index (χ0v) is 15.6. The Kier molecular flexibility index (Phi) is 15.4. The minimum absolute atomic E-state index is 0.169. The number of unbranched alkanes of at least 4 members (excludes halogenated alkanes) is 8. The number of carbonyl (C=O) groups excluding carboxylic acids is 1. The third kappa shape index (κ3) is 12.7. The Hall–Kier alpha value is -0.650. The van der Waals surface area contributed by atoms with Gasteiger partial charge >= 0.3 is 5.97 Å². The first-order valence-corrected chi connectivity index (χ1v) is 9.63. The number of hydrogen-bond donors (Lipinski definition) is 3. The molecule has 24 heavy (non-hydrogen) atoms. The van der Waals surface area contributed by atoms with Gasteiger partial charge in [-0.25, -0.2) is 0 Å². The van der Waals surface area contributed by atoms with Crippen LogP contribution in [0.5, 0.6) is 0 Å². The summed E-state index contributed by atoms with van der Waals surface area (Å²) in [6, 6.07) is 0. The van der Waals surface area contributed by atoms with Crippen molar-refractivity contribution < 1.29 is 24.9 Å². The van der Waals surface area contributed by atoms with Crippen molar-refractivity contribution in [2.75, 3.05) is 7.11 Å². The molecule has 0 bridgehead atoms. The van der Waals surface area contributed by atoms with Gasteiger partial charge in [0.25, 0.3) is 0 Å². The molecule has 0 heterocycles. The molecule has 5 heteroatoms. The smallest absolute Gasteiger partial charge is 0.305 e. The van der Waals surface area contributed by atoms with E-state index in [0.29, 0.717) is 19.3 Å². The summed E-state index contributed by atoms with van der Waals surface area (Å²) in [6.07, 6.45) is 8.88. The van der Waals surface area contributed by atoms with E-state index in [2.05, 4.69) is 11.7 Å². The third-order valence-corrected chi connectivity index (χ3v) is 4.50. The maximum absolute atomic E-state index is 10.9. The van der Waals surface area contributed by atoms with E-state index in [4.69, 9.17) is 0 Å². The highest BCUT2D eigenvalue weighted by molar-refractivity contribution is 5.68. The predicted octanol–water partition coefficient (Wildman–Crippen LogP) is 3.33. The van der Waals surface area contributed by atoms with E-state index in [1.165, 1.54) is 20.0 Å². The van der Waals surface area contributed by atoms with E-state index in [9.17, 15) is 20.1 Å². The number of hydrogen-bond acceptors (Lipinski definition) is 5. The van der Waals surface area contributed by atoms with E-state index in [1.54, 1.807) is 0 Å². The Morgan fingerprint density at radius 1 is 0.792 bits per heavy atom. The van der Waals surface area contributed by atoms with Gasteiger partial charge in [-0.05, 0) is 19.3 Å². The molecular weight excluding hydrogens is 308 g/mol. The molecule has 0 fully saturated rings. The fraction of sp³-hybridized carbons (Fsp3) is 0.947.